The van der Waals surface area contributed by atoms with Gasteiger partial charge in [-0.05, 0) is 58.9 Å². The van der Waals surface area contributed by atoms with E-state index in [-0.39, 0.29) is 53.8 Å². The smallest absolute Gasteiger partial charge is 0.410 e. The lowest BCUT2D eigenvalue weighted by atomic mass is 9.95. The molecular formula is C30H37ClF2N6O4. The summed E-state index contributed by atoms with van der Waals surface area (Å²) in [4.78, 5) is 32.6. The summed E-state index contributed by atoms with van der Waals surface area (Å²) in [6.45, 7) is 7.96. The number of nitrogens with zero attached hydrogens (tertiary/aromatic N) is 6. The number of anilines is 1. The predicted molar refractivity (Wildman–Crippen MR) is 157 cm³/mol. The van der Waals surface area contributed by atoms with E-state index in [2.05, 4.69) is 26.7 Å². The number of rotatable bonds is 5. The lowest BCUT2D eigenvalue weighted by Gasteiger charge is -2.42. The molecule has 43 heavy (non-hydrogen) atoms. The maximum atomic E-state index is 15.6. The number of piperazine rings is 1. The summed E-state index contributed by atoms with van der Waals surface area (Å²) >= 11 is 6.22. The normalized spacial score (nSPS) is 26.9. The quantitative estimate of drug-likeness (QED) is 0.358. The van der Waals surface area contributed by atoms with E-state index in [9.17, 15) is 9.18 Å². The number of carbonyl (C=O) groups excluding carboxylic acids is 1. The Labute approximate surface area is 255 Å². The van der Waals surface area contributed by atoms with Crippen molar-refractivity contribution in [1.29, 1.82) is 0 Å². The van der Waals surface area contributed by atoms with Crippen molar-refractivity contribution in [2.75, 3.05) is 51.4 Å². The molecule has 4 aliphatic heterocycles. The van der Waals surface area contributed by atoms with Crippen molar-refractivity contribution in [2.45, 2.75) is 82.3 Å². The third-order valence-electron chi connectivity index (χ3n) is 8.75. The third kappa shape index (κ3) is 5.79. The van der Waals surface area contributed by atoms with E-state index >= 15 is 4.39 Å². The Hall–Kier alpha value is -3.01. The van der Waals surface area contributed by atoms with Crippen molar-refractivity contribution in [3.05, 3.63) is 16.7 Å². The van der Waals surface area contributed by atoms with Gasteiger partial charge in [0, 0.05) is 33.2 Å². The van der Waals surface area contributed by atoms with Gasteiger partial charge in [0.05, 0.1) is 23.0 Å². The van der Waals surface area contributed by atoms with E-state index in [1.165, 1.54) is 7.11 Å². The van der Waals surface area contributed by atoms with E-state index in [0.717, 1.165) is 32.2 Å². The number of methoxy groups -OCH3 is 1. The molecule has 4 saturated heterocycles. The number of halogens is 3. The van der Waals surface area contributed by atoms with Crippen LogP contribution in [0, 0.1) is 17.7 Å². The van der Waals surface area contributed by atoms with Gasteiger partial charge in [0.1, 0.15) is 42.0 Å². The molecular weight excluding hydrogens is 582 g/mol. The van der Waals surface area contributed by atoms with Crippen molar-refractivity contribution in [2.24, 2.45) is 0 Å². The number of aromatic nitrogens is 3. The molecule has 2 aromatic rings. The summed E-state index contributed by atoms with van der Waals surface area (Å²) in [5.74, 6) is 5.41. The topological polar surface area (TPSA) is 93.2 Å². The fourth-order valence-electron chi connectivity index (χ4n) is 7.02. The molecule has 2 aromatic heterocycles. The lowest BCUT2D eigenvalue weighted by Crippen LogP contribution is -2.57. The standard InChI is InChI=1S/C30H37ClF2N6O4/c1-29(2,3)43-28(40)39-19-8-9-20(39)16-37(15-19)26-22-21(7-5-12-41-4)34-25(31)23(33)24(22)35-27(36-26)42-17-30-10-6-11-38(30)14-18(32)13-30/h18-20H,6,8-17H2,1-4H3/t18-,19?,20?,30+/m1/s1. The average molecular weight is 619 g/mol. The number of pyridine rings is 1. The van der Waals surface area contributed by atoms with Crippen LogP contribution in [0.3, 0.4) is 0 Å². The number of hydrogen-bond acceptors (Lipinski definition) is 9. The summed E-state index contributed by atoms with van der Waals surface area (Å²) in [5.41, 5.74) is -0.879. The molecule has 1 amide bonds. The predicted octanol–water partition coefficient (Wildman–Crippen LogP) is 4.36. The number of hydrogen-bond donors (Lipinski definition) is 0. The zero-order chi connectivity index (χ0) is 30.5. The first-order chi connectivity index (χ1) is 20.5. The molecule has 4 aliphatic rings. The number of amides is 1. The summed E-state index contributed by atoms with van der Waals surface area (Å²) in [6, 6.07) is -0.269. The Morgan fingerprint density at radius 2 is 1.91 bits per heavy atom. The monoisotopic (exact) mass is 618 g/mol. The Morgan fingerprint density at radius 1 is 1.16 bits per heavy atom. The van der Waals surface area contributed by atoms with E-state index < -0.39 is 23.1 Å². The van der Waals surface area contributed by atoms with E-state index in [0.29, 0.717) is 37.3 Å². The van der Waals surface area contributed by atoms with Gasteiger partial charge < -0.3 is 19.1 Å². The first-order valence-electron chi connectivity index (χ1n) is 14.8. The Morgan fingerprint density at radius 3 is 2.60 bits per heavy atom. The van der Waals surface area contributed by atoms with Gasteiger partial charge in [-0.2, -0.15) is 9.97 Å². The molecule has 13 heteroatoms. The van der Waals surface area contributed by atoms with Crippen LogP contribution in [-0.4, -0.2) is 107 Å². The van der Waals surface area contributed by atoms with Crippen LogP contribution < -0.4 is 9.64 Å². The SMILES string of the molecule is COCC#Cc1nc(Cl)c(F)c2nc(OC[C@@]34CCCN3C[C@H](F)C4)nc(N3CC4CCC(C3)N4C(=O)OC(C)(C)C)c12. The highest BCUT2D eigenvalue weighted by atomic mass is 35.5. The number of alkyl halides is 1. The second kappa shape index (κ2) is 11.5. The van der Waals surface area contributed by atoms with Crippen molar-refractivity contribution >= 4 is 34.4 Å². The second-order valence-corrected chi connectivity index (χ2v) is 13.3. The van der Waals surface area contributed by atoms with Crippen LogP contribution in [0.25, 0.3) is 10.9 Å². The fraction of sp³-hybridized carbons (Fsp3) is 0.667. The molecule has 4 atom stereocenters. The molecule has 6 rings (SSSR count). The number of ether oxygens (including phenoxy) is 3. The van der Waals surface area contributed by atoms with Crippen molar-refractivity contribution in [3.63, 3.8) is 0 Å². The Kier molecular flexibility index (Phi) is 8.02. The summed E-state index contributed by atoms with van der Waals surface area (Å²) < 4.78 is 47.0. The second-order valence-electron chi connectivity index (χ2n) is 12.9. The molecule has 0 N–H and O–H groups in total. The first kappa shape index (κ1) is 30.0. The summed E-state index contributed by atoms with van der Waals surface area (Å²) in [7, 11) is 1.52. The van der Waals surface area contributed by atoms with E-state index in [1.54, 1.807) is 0 Å². The maximum Gasteiger partial charge on any atom is 0.410 e. The molecule has 6 heterocycles. The number of carbonyl (C=O) groups is 1. The van der Waals surface area contributed by atoms with Crippen LogP contribution in [0.5, 0.6) is 6.01 Å². The summed E-state index contributed by atoms with van der Waals surface area (Å²) in [5, 5.41) is -0.0513. The molecule has 232 valence electrons. The molecule has 10 nitrogen and oxygen atoms in total. The minimum absolute atomic E-state index is 0.0232. The van der Waals surface area contributed by atoms with Crippen LogP contribution in [0.2, 0.25) is 5.15 Å². The van der Waals surface area contributed by atoms with Gasteiger partial charge in [-0.15, -0.1) is 0 Å². The molecule has 0 aliphatic carbocycles. The zero-order valence-corrected chi connectivity index (χ0v) is 25.7. The van der Waals surface area contributed by atoms with Crippen LogP contribution in [0.15, 0.2) is 0 Å². The number of fused-ring (bicyclic) bond motifs is 4. The van der Waals surface area contributed by atoms with Crippen LogP contribution in [0.1, 0.15) is 58.6 Å². The first-order valence-corrected chi connectivity index (χ1v) is 15.2. The molecule has 4 fully saturated rings. The van der Waals surface area contributed by atoms with Crippen LogP contribution in [0.4, 0.5) is 19.4 Å². The van der Waals surface area contributed by atoms with Gasteiger partial charge in [-0.25, -0.2) is 18.6 Å². The van der Waals surface area contributed by atoms with Gasteiger partial charge in [0.15, 0.2) is 11.0 Å². The Bertz CT molecular complexity index is 1460. The molecule has 2 unspecified atom stereocenters. The van der Waals surface area contributed by atoms with E-state index in [1.807, 2.05) is 30.6 Å². The minimum atomic E-state index is -0.913. The maximum absolute atomic E-state index is 15.6. The van der Waals surface area contributed by atoms with Crippen LogP contribution >= 0.6 is 11.6 Å². The Balaban J connectivity index is 1.38. The third-order valence-corrected chi connectivity index (χ3v) is 9.00. The van der Waals surface area contributed by atoms with Crippen molar-refractivity contribution < 1.29 is 27.8 Å². The summed E-state index contributed by atoms with van der Waals surface area (Å²) in [6.07, 6.45) is 2.50. The van der Waals surface area contributed by atoms with Gasteiger partial charge >= 0.3 is 12.1 Å². The largest absolute Gasteiger partial charge is 0.461 e. The lowest BCUT2D eigenvalue weighted by molar-refractivity contribution is 0.0122. The van der Waals surface area contributed by atoms with E-state index in [4.69, 9.17) is 30.8 Å². The highest BCUT2D eigenvalue weighted by Gasteiger charge is 2.50. The van der Waals surface area contributed by atoms with Gasteiger partial charge in [-0.1, -0.05) is 17.5 Å². The fourth-order valence-corrected chi connectivity index (χ4v) is 7.19. The van der Waals surface area contributed by atoms with Gasteiger partial charge in [0.25, 0.3) is 0 Å². The molecule has 2 bridgehead atoms. The minimum Gasteiger partial charge on any atom is -0.461 e. The average Bonchev–Trinajstić information content (AvgIpc) is 3.56. The van der Waals surface area contributed by atoms with Gasteiger partial charge in [0.2, 0.25) is 0 Å². The highest BCUT2D eigenvalue weighted by Crippen LogP contribution is 2.41. The van der Waals surface area contributed by atoms with Crippen molar-refractivity contribution in [3.8, 4) is 17.9 Å². The molecule has 0 spiro atoms. The molecule has 0 saturated carbocycles. The van der Waals surface area contributed by atoms with Crippen molar-refractivity contribution in [1.82, 2.24) is 24.8 Å². The molecule has 0 aromatic carbocycles. The van der Waals surface area contributed by atoms with Gasteiger partial charge in [-0.3, -0.25) is 9.80 Å². The van der Waals surface area contributed by atoms with Crippen LogP contribution in [-0.2, 0) is 9.47 Å². The highest BCUT2D eigenvalue weighted by molar-refractivity contribution is 6.30. The zero-order valence-electron chi connectivity index (χ0n) is 25.0. The molecule has 0 radical (unpaired) electrons.